The lowest BCUT2D eigenvalue weighted by molar-refractivity contribution is 0.0952. The number of hydrogen-bond acceptors (Lipinski definition) is 3. The van der Waals surface area contributed by atoms with Crippen LogP contribution >= 0.6 is 0 Å². The van der Waals surface area contributed by atoms with Gasteiger partial charge in [-0.05, 0) is 38.4 Å². The number of carbonyl (C=O) groups excluding carboxylic acids is 1. The van der Waals surface area contributed by atoms with E-state index >= 15 is 0 Å². The van der Waals surface area contributed by atoms with Gasteiger partial charge in [0.25, 0.3) is 5.91 Å². The number of nitrogens with zero attached hydrogens (tertiary/aromatic N) is 3. The Hall–Kier alpha value is -2.92. The van der Waals surface area contributed by atoms with Gasteiger partial charge in [-0.3, -0.25) is 9.78 Å². The Morgan fingerprint density at radius 3 is 2.69 bits per heavy atom. The van der Waals surface area contributed by atoms with Crippen molar-refractivity contribution in [2.45, 2.75) is 0 Å². The van der Waals surface area contributed by atoms with E-state index in [9.17, 15) is 4.79 Å². The number of benzene rings is 2. The fourth-order valence-electron chi connectivity index (χ4n) is 3.58. The Kier molecular flexibility index (Phi) is 4.09. The van der Waals surface area contributed by atoms with Crippen molar-refractivity contribution in [2.75, 3.05) is 27.2 Å². The van der Waals surface area contributed by atoms with Crippen molar-refractivity contribution in [1.82, 2.24) is 19.8 Å². The summed E-state index contributed by atoms with van der Waals surface area (Å²) in [6, 6.07) is 14.2. The summed E-state index contributed by atoms with van der Waals surface area (Å²) < 4.78 is 2.18. The zero-order chi connectivity index (χ0) is 18.3. The second kappa shape index (κ2) is 6.42. The van der Waals surface area contributed by atoms with Gasteiger partial charge in [0, 0.05) is 48.0 Å². The van der Waals surface area contributed by atoms with E-state index in [1.807, 2.05) is 49.3 Å². The van der Waals surface area contributed by atoms with Gasteiger partial charge in [-0.2, -0.15) is 0 Å². The zero-order valence-corrected chi connectivity index (χ0v) is 15.3. The first-order valence-corrected chi connectivity index (χ1v) is 8.75. The topological polar surface area (TPSA) is 50.2 Å². The maximum atomic E-state index is 12.9. The van der Waals surface area contributed by atoms with Crippen LogP contribution in [0, 0.1) is 0 Å². The van der Waals surface area contributed by atoms with Gasteiger partial charge in [-0.15, -0.1) is 0 Å². The van der Waals surface area contributed by atoms with Gasteiger partial charge in [0.2, 0.25) is 0 Å². The van der Waals surface area contributed by atoms with Crippen molar-refractivity contribution < 1.29 is 4.79 Å². The molecule has 5 heteroatoms. The molecule has 26 heavy (non-hydrogen) atoms. The summed E-state index contributed by atoms with van der Waals surface area (Å²) in [5.74, 6) is -0.0783. The number of nitrogens with one attached hydrogen (secondary N) is 1. The minimum absolute atomic E-state index is 0.0783. The number of aryl methyl sites for hydroxylation is 1. The number of pyridine rings is 1. The highest BCUT2D eigenvalue weighted by molar-refractivity contribution is 6.21. The van der Waals surface area contributed by atoms with Gasteiger partial charge in [0.15, 0.2) is 0 Å². The third-order valence-electron chi connectivity index (χ3n) is 4.84. The van der Waals surface area contributed by atoms with Crippen molar-refractivity contribution in [2.24, 2.45) is 7.05 Å². The Bertz CT molecular complexity index is 1130. The molecule has 0 bridgehead atoms. The molecular weight excluding hydrogens is 324 g/mol. The van der Waals surface area contributed by atoms with Crippen LogP contribution in [0.1, 0.15) is 10.4 Å². The second-order valence-electron chi connectivity index (χ2n) is 6.86. The Morgan fingerprint density at radius 2 is 1.88 bits per heavy atom. The van der Waals surface area contributed by atoms with Crippen LogP contribution in [0.4, 0.5) is 0 Å². The molecule has 4 aromatic rings. The maximum absolute atomic E-state index is 12.9. The normalized spacial score (nSPS) is 11.7. The summed E-state index contributed by atoms with van der Waals surface area (Å²) in [5, 5.41) is 6.25. The van der Waals surface area contributed by atoms with Crippen LogP contribution in [0.15, 0.2) is 48.7 Å². The van der Waals surface area contributed by atoms with E-state index in [1.54, 1.807) is 6.20 Å². The van der Waals surface area contributed by atoms with Gasteiger partial charge < -0.3 is 14.8 Å². The largest absolute Gasteiger partial charge is 0.351 e. The van der Waals surface area contributed by atoms with Crippen LogP contribution in [-0.2, 0) is 7.05 Å². The average molecular weight is 346 g/mol. The summed E-state index contributed by atoms with van der Waals surface area (Å²) in [6.07, 6.45) is 1.74. The SMILES string of the molecule is CN(C)CCNC(=O)c1cc2c3ccccc3n(C)c2c2cccnc12. The standard InChI is InChI=1S/C21H22N4O/c1-24(2)12-11-23-21(26)17-13-16-14-7-4-5-9-18(14)25(3)20(16)15-8-6-10-22-19(15)17/h4-10,13H,11-12H2,1-3H3,(H,23,26). The van der Waals surface area contributed by atoms with Gasteiger partial charge in [0.05, 0.1) is 16.6 Å². The Balaban J connectivity index is 1.95. The predicted octanol–water partition coefficient (Wildman–Crippen LogP) is 3.17. The van der Waals surface area contributed by atoms with Gasteiger partial charge in [0.1, 0.15) is 0 Å². The number of rotatable bonds is 4. The van der Waals surface area contributed by atoms with E-state index in [0.29, 0.717) is 12.1 Å². The van der Waals surface area contributed by atoms with E-state index < -0.39 is 0 Å². The molecule has 0 aliphatic carbocycles. The molecule has 0 fully saturated rings. The van der Waals surface area contributed by atoms with Crippen LogP contribution in [-0.4, -0.2) is 47.5 Å². The molecule has 2 aromatic carbocycles. The molecule has 0 spiro atoms. The molecule has 0 aliphatic rings. The Morgan fingerprint density at radius 1 is 1.12 bits per heavy atom. The number of amides is 1. The first kappa shape index (κ1) is 16.5. The number of aromatic nitrogens is 2. The number of likely N-dealkylation sites (N-methyl/N-ethyl adjacent to an activating group) is 1. The molecule has 0 saturated carbocycles. The molecule has 1 amide bonds. The predicted molar refractivity (Wildman–Crippen MR) is 107 cm³/mol. The van der Waals surface area contributed by atoms with Crippen LogP contribution in [0.5, 0.6) is 0 Å². The van der Waals surface area contributed by atoms with E-state index in [0.717, 1.165) is 39.3 Å². The number of fused-ring (bicyclic) bond motifs is 5. The third-order valence-corrected chi connectivity index (χ3v) is 4.84. The number of para-hydroxylation sites is 1. The molecule has 0 saturated heterocycles. The highest BCUT2D eigenvalue weighted by atomic mass is 16.1. The zero-order valence-electron chi connectivity index (χ0n) is 15.3. The van der Waals surface area contributed by atoms with Crippen molar-refractivity contribution in [1.29, 1.82) is 0 Å². The monoisotopic (exact) mass is 346 g/mol. The van der Waals surface area contributed by atoms with Crippen molar-refractivity contribution in [3.8, 4) is 0 Å². The lowest BCUT2D eigenvalue weighted by Crippen LogP contribution is -2.31. The lowest BCUT2D eigenvalue weighted by Gasteiger charge is -2.12. The van der Waals surface area contributed by atoms with Crippen LogP contribution in [0.25, 0.3) is 32.7 Å². The van der Waals surface area contributed by atoms with E-state index in [2.05, 4.69) is 34.0 Å². The minimum Gasteiger partial charge on any atom is -0.351 e. The fourth-order valence-corrected chi connectivity index (χ4v) is 3.58. The number of carbonyl (C=O) groups is 1. The third kappa shape index (κ3) is 2.61. The van der Waals surface area contributed by atoms with E-state index in [-0.39, 0.29) is 5.91 Å². The second-order valence-corrected chi connectivity index (χ2v) is 6.86. The summed E-state index contributed by atoms with van der Waals surface area (Å²) in [7, 11) is 6.05. The molecule has 0 atom stereocenters. The van der Waals surface area contributed by atoms with Gasteiger partial charge >= 0.3 is 0 Å². The molecule has 4 rings (SSSR count). The van der Waals surface area contributed by atoms with Crippen LogP contribution < -0.4 is 5.32 Å². The van der Waals surface area contributed by atoms with Crippen LogP contribution in [0.3, 0.4) is 0 Å². The van der Waals surface area contributed by atoms with Crippen molar-refractivity contribution in [3.63, 3.8) is 0 Å². The van der Waals surface area contributed by atoms with Gasteiger partial charge in [-0.25, -0.2) is 0 Å². The summed E-state index contributed by atoms with van der Waals surface area (Å²) >= 11 is 0. The van der Waals surface area contributed by atoms with Crippen LogP contribution in [0.2, 0.25) is 0 Å². The first-order valence-electron chi connectivity index (χ1n) is 8.75. The van der Waals surface area contributed by atoms with E-state index in [1.165, 1.54) is 0 Å². The molecule has 2 aromatic heterocycles. The summed E-state index contributed by atoms with van der Waals surface area (Å²) in [5.41, 5.74) is 3.63. The lowest BCUT2D eigenvalue weighted by atomic mass is 10.0. The molecular formula is C21H22N4O. The van der Waals surface area contributed by atoms with Crippen molar-refractivity contribution in [3.05, 3.63) is 54.2 Å². The smallest absolute Gasteiger partial charge is 0.253 e. The van der Waals surface area contributed by atoms with Crippen molar-refractivity contribution >= 4 is 38.6 Å². The summed E-state index contributed by atoms with van der Waals surface area (Å²) in [4.78, 5) is 19.4. The molecule has 0 unspecified atom stereocenters. The molecule has 132 valence electrons. The highest BCUT2D eigenvalue weighted by Gasteiger charge is 2.18. The summed E-state index contributed by atoms with van der Waals surface area (Å²) in [6.45, 7) is 1.40. The van der Waals surface area contributed by atoms with E-state index in [4.69, 9.17) is 0 Å². The quantitative estimate of drug-likeness (QED) is 0.617. The maximum Gasteiger partial charge on any atom is 0.253 e. The highest BCUT2D eigenvalue weighted by Crippen LogP contribution is 2.34. The van der Waals surface area contributed by atoms with Gasteiger partial charge in [-0.1, -0.05) is 18.2 Å². The Labute approximate surface area is 152 Å². The minimum atomic E-state index is -0.0783. The number of hydrogen-bond donors (Lipinski definition) is 1. The average Bonchev–Trinajstić information content (AvgIpc) is 2.94. The molecule has 5 nitrogen and oxygen atoms in total. The molecule has 0 aliphatic heterocycles. The fraction of sp³-hybridized carbons (Fsp3) is 0.238. The molecule has 2 heterocycles. The first-order chi connectivity index (χ1) is 12.6. The molecule has 0 radical (unpaired) electrons. The molecule has 1 N–H and O–H groups in total.